The predicted molar refractivity (Wildman–Crippen MR) is 82.4 cm³/mol. The number of benzene rings is 1. The van der Waals surface area contributed by atoms with Crippen LogP contribution < -0.4 is 4.74 Å². The van der Waals surface area contributed by atoms with Gasteiger partial charge in [-0.3, -0.25) is 4.79 Å². The molecule has 0 heterocycles. The Morgan fingerprint density at radius 2 is 1.95 bits per heavy atom. The summed E-state index contributed by atoms with van der Waals surface area (Å²) in [5.41, 5.74) is 1.07. The summed E-state index contributed by atoms with van der Waals surface area (Å²) >= 11 is 1.85. The van der Waals surface area contributed by atoms with E-state index in [1.165, 1.54) is 4.90 Å². The van der Waals surface area contributed by atoms with Crippen LogP contribution in [0.3, 0.4) is 0 Å². The molecule has 2 aliphatic rings. The normalized spacial score (nSPS) is 22.9. The number of methoxy groups -OCH3 is 1. The minimum absolute atomic E-state index is 0.136. The molecule has 0 aromatic heterocycles. The van der Waals surface area contributed by atoms with Crippen LogP contribution in [0.5, 0.6) is 5.75 Å². The lowest BCUT2D eigenvalue weighted by molar-refractivity contribution is -0.116. The van der Waals surface area contributed by atoms with Crippen molar-refractivity contribution in [2.75, 3.05) is 7.11 Å². The average molecular weight is 288 g/mol. The third kappa shape index (κ3) is 2.93. The Balaban J connectivity index is 1.79. The minimum Gasteiger partial charge on any atom is -0.496 e. The summed E-state index contributed by atoms with van der Waals surface area (Å²) in [6, 6.07) is 8.13. The summed E-state index contributed by atoms with van der Waals surface area (Å²) in [7, 11) is 1.71. The van der Waals surface area contributed by atoms with Crippen molar-refractivity contribution in [1.29, 1.82) is 0 Å². The van der Waals surface area contributed by atoms with Gasteiger partial charge in [-0.2, -0.15) is 0 Å². The fourth-order valence-corrected chi connectivity index (χ4v) is 4.04. The van der Waals surface area contributed by atoms with Gasteiger partial charge in [0.2, 0.25) is 0 Å². The van der Waals surface area contributed by atoms with Crippen molar-refractivity contribution in [2.24, 2.45) is 0 Å². The van der Waals surface area contributed by atoms with Gasteiger partial charge in [-0.1, -0.05) is 18.2 Å². The number of allylic oxidation sites excluding steroid dienone is 1. The molecule has 0 atom stereocenters. The molecule has 20 heavy (non-hydrogen) atoms. The zero-order valence-electron chi connectivity index (χ0n) is 11.9. The smallest absolute Gasteiger partial charge is 0.158 e. The first-order chi connectivity index (χ1) is 9.72. The Labute approximate surface area is 124 Å². The summed E-state index contributed by atoms with van der Waals surface area (Å²) in [5.74, 6) is 1.29. The summed E-state index contributed by atoms with van der Waals surface area (Å²) in [4.78, 5) is 13.1. The van der Waals surface area contributed by atoms with Crippen LogP contribution in [0.4, 0.5) is 0 Å². The fraction of sp³-hybridized carbons (Fsp3) is 0.471. The number of ketones is 1. The molecule has 2 aliphatic carbocycles. The maximum Gasteiger partial charge on any atom is 0.158 e. The van der Waals surface area contributed by atoms with Crippen molar-refractivity contribution in [2.45, 2.75) is 48.2 Å². The van der Waals surface area contributed by atoms with Crippen LogP contribution in [-0.4, -0.2) is 17.6 Å². The van der Waals surface area contributed by atoms with Gasteiger partial charge in [0.15, 0.2) is 5.78 Å². The predicted octanol–water partition coefficient (Wildman–Crippen LogP) is 4.39. The van der Waals surface area contributed by atoms with E-state index in [4.69, 9.17) is 4.74 Å². The molecule has 0 unspecified atom stereocenters. The van der Waals surface area contributed by atoms with Gasteiger partial charge in [-0.15, -0.1) is 11.8 Å². The van der Waals surface area contributed by atoms with Gasteiger partial charge in [-0.25, -0.2) is 0 Å². The molecule has 2 fully saturated rings. The standard InChI is InChI=1S/C17H20O2S/c1-19-15-8-4-5-9-16(15)20-17(10-11-17)12-13-6-2-3-7-14(13)18/h4-5,8-9,12H,2-3,6-7,10-11H2,1H3/b13-12+. The van der Waals surface area contributed by atoms with Crippen molar-refractivity contribution in [3.8, 4) is 5.75 Å². The molecular formula is C17H20O2S. The monoisotopic (exact) mass is 288 g/mol. The second-order valence-corrected chi connectivity index (χ2v) is 7.07. The maximum absolute atomic E-state index is 12.0. The highest BCUT2D eigenvalue weighted by molar-refractivity contribution is 8.01. The van der Waals surface area contributed by atoms with Crippen molar-refractivity contribution < 1.29 is 9.53 Å². The molecule has 0 bridgehead atoms. The first-order valence-corrected chi connectivity index (χ1v) is 8.11. The average Bonchev–Trinajstić information content (AvgIpc) is 3.22. The molecule has 1 aromatic carbocycles. The Hall–Kier alpha value is -1.22. The van der Waals surface area contributed by atoms with Crippen LogP contribution in [0.15, 0.2) is 40.8 Å². The van der Waals surface area contributed by atoms with Gasteiger partial charge in [-0.05, 0) is 49.8 Å². The van der Waals surface area contributed by atoms with E-state index in [2.05, 4.69) is 12.1 Å². The largest absolute Gasteiger partial charge is 0.496 e. The minimum atomic E-state index is 0.136. The van der Waals surface area contributed by atoms with Crippen molar-refractivity contribution in [1.82, 2.24) is 0 Å². The van der Waals surface area contributed by atoms with Gasteiger partial charge in [0, 0.05) is 11.2 Å². The van der Waals surface area contributed by atoms with Gasteiger partial charge >= 0.3 is 0 Å². The lowest BCUT2D eigenvalue weighted by Gasteiger charge is -2.17. The Kier molecular flexibility index (Phi) is 3.88. The molecule has 3 rings (SSSR count). The number of carbonyl (C=O) groups is 1. The number of rotatable bonds is 4. The van der Waals surface area contributed by atoms with Crippen LogP contribution in [0.1, 0.15) is 38.5 Å². The zero-order chi connectivity index (χ0) is 14.0. The summed E-state index contributed by atoms with van der Waals surface area (Å²) < 4.78 is 5.56. The molecular weight excluding hydrogens is 268 g/mol. The fourth-order valence-electron chi connectivity index (χ4n) is 2.69. The van der Waals surface area contributed by atoms with Crippen LogP contribution in [0.25, 0.3) is 0 Å². The van der Waals surface area contributed by atoms with Gasteiger partial charge in [0.05, 0.1) is 12.0 Å². The number of para-hydroxylation sites is 1. The zero-order valence-corrected chi connectivity index (χ0v) is 12.7. The van der Waals surface area contributed by atoms with Gasteiger partial charge < -0.3 is 4.74 Å². The number of hydrogen-bond acceptors (Lipinski definition) is 3. The maximum atomic E-state index is 12.0. The molecule has 0 saturated heterocycles. The van der Waals surface area contributed by atoms with E-state index in [1.54, 1.807) is 7.11 Å². The van der Waals surface area contributed by atoms with Crippen molar-refractivity contribution >= 4 is 17.5 Å². The van der Waals surface area contributed by atoms with Gasteiger partial charge in [0.1, 0.15) is 5.75 Å². The van der Waals surface area contributed by atoms with E-state index >= 15 is 0 Å². The number of hydrogen-bond donors (Lipinski definition) is 0. The lowest BCUT2D eigenvalue weighted by Crippen LogP contribution is -2.11. The highest BCUT2D eigenvalue weighted by atomic mass is 32.2. The second-order valence-electron chi connectivity index (χ2n) is 5.62. The molecule has 2 nitrogen and oxygen atoms in total. The third-order valence-electron chi connectivity index (χ3n) is 4.02. The number of thioether (sulfide) groups is 1. The molecule has 106 valence electrons. The molecule has 0 radical (unpaired) electrons. The lowest BCUT2D eigenvalue weighted by atomic mass is 9.92. The van der Waals surface area contributed by atoms with Crippen LogP contribution >= 0.6 is 11.8 Å². The van der Waals surface area contributed by atoms with Crippen LogP contribution in [0.2, 0.25) is 0 Å². The van der Waals surface area contributed by atoms with E-state index in [9.17, 15) is 4.79 Å². The van der Waals surface area contributed by atoms with E-state index in [0.717, 1.165) is 49.8 Å². The second kappa shape index (κ2) is 5.65. The first kappa shape index (κ1) is 13.7. The molecule has 0 amide bonds. The van der Waals surface area contributed by atoms with Crippen molar-refractivity contribution in [3.05, 3.63) is 35.9 Å². The van der Waals surface area contributed by atoms with Crippen LogP contribution in [0, 0.1) is 0 Å². The highest BCUT2D eigenvalue weighted by Gasteiger charge is 2.43. The molecule has 2 saturated carbocycles. The van der Waals surface area contributed by atoms with Gasteiger partial charge in [0.25, 0.3) is 0 Å². The molecule has 1 aromatic rings. The summed E-state index contributed by atoms with van der Waals surface area (Å²) in [6.45, 7) is 0. The Morgan fingerprint density at radius 3 is 2.65 bits per heavy atom. The highest BCUT2D eigenvalue weighted by Crippen LogP contribution is 2.55. The number of Topliss-reactive ketones (excluding diaryl/α,β-unsaturated/α-hetero) is 1. The quantitative estimate of drug-likeness (QED) is 0.769. The van der Waals surface area contributed by atoms with Crippen LogP contribution in [-0.2, 0) is 4.79 Å². The first-order valence-electron chi connectivity index (χ1n) is 7.29. The number of ether oxygens (including phenoxy) is 1. The molecule has 0 N–H and O–H groups in total. The Bertz CT molecular complexity index is 544. The van der Waals surface area contributed by atoms with E-state index < -0.39 is 0 Å². The SMILES string of the molecule is COc1ccccc1SC1(/C=C2\CCCCC2=O)CC1. The molecule has 0 aliphatic heterocycles. The van der Waals surface area contributed by atoms with E-state index in [-0.39, 0.29) is 4.75 Å². The van der Waals surface area contributed by atoms with Crippen molar-refractivity contribution in [3.63, 3.8) is 0 Å². The summed E-state index contributed by atoms with van der Waals surface area (Å²) in [5, 5.41) is 0. The third-order valence-corrected chi connectivity index (χ3v) is 5.51. The molecule has 3 heteroatoms. The number of carbonyl (C=O) groups excluding carboxylic acids is 1. The topological polar surface area (TPSA) is 26.3 Å². The van der Waals surface area contributed by atoms with E-state index in [1.807, 2.05) is 30.0 Å². The molecule has 0 spiro atoms. The Morgan fingerprint density at radius 1 is 1.20 bits per heavy atom. The summed E-state index contributed by atoms with van der Waals surface area (Å²) in [6.07, 6.45) is 8.49. The van der Waals surface area contributed by atoms with E-state index in [0.29, 0.717) is 5.78 Å².